The smallest absolute Gasteiger partial charge is 0.126 e. The van der Waals surface area contributed by atoms with Crippen molar-refractivity contribution in [3.8, 4) is 5.75 Å². The zero-order chi connectivity index (χ0) is 13.5. The van der Waals surface area contributed by atoms with Gasteiger partial charge in [-0.3, -0.25) is 0 Å². The van der Waals surface area contributed by atoms with E-state index in [9.17, 15) is 15.3 Å². The lowest BCUT2D eigenvalue weighted by atomic mass is 9.89. The minimum atomic E-state index is -0.198. The molecule has 0 aliphatic rings. The SMILES string of the molecule is CCCCC(CC)c1cc(CO)c(O)c(CO)c1. The highest BCUT2D eigenvalue weighted by atomic mass is 16.3. The minimum absolute atomic E-state index is 0.0223. The standard InChI is InChI=1S/C15H24O3/c1-3-5-6-11(4-2)12-7-13(9-16)15(18)14(8-12)10-17/h7-8,11,16-18H,3-6,9-10H2,1-2H3. The summed E-state index contributed by atoms with van der Waals surface area (Å²) in [4.78, 5) is 0. The van der Waals surface area contributed by atoms with Gasteiger partial charge >= 0.3 is 0 Å². The molecule has 0 aliphatic carbocycles. The van der Waals surface area contributed by atoms with E-state index in [-0.39, 0.29) is 19.0 Å². The number of rotatable bonds is 7. The highest BCUT2D eigenvalue weighted by Crippen LogP contribution is 2.32. The highest BCUT2D eigenvalue weighted by Gasteiger charge is 2.14. The first kappa shape index (κ1) is 15.0. The van der Waals surface area contributed by atoms with Crippen LogP contribution in [0.5, 0.6) is 5.75 Å². The van der Waals surface area contributed by atoms with Gasteiger partial charge in [0, 0.05) is 11.1 Å². The second-order valence-electron chi connectivity index (χ2n) is 4.75. The molecule has 1 aromatic rings. The molecule has 0 saturated heterocycles. The van der Waals surface area contributed by atoms with Crippen LogP contribution in [0.4, 0.5) is 0 Å². The fourth-order valence-electron chi connectivity index (χ4n) is 2.32. The zero-order valence-electron chi connectivity index (χ0n) is 11.3. The minimum Gasteiger partial charge on any atom is -0.507 e. The average Bonchev–Trinajstić information content (AvgIpc) is 2.40. The molecule has 1 atom stereocenters. The van der Waals surface area contributed by atoms with Gasteiger partial charge in [0.1, 0.15) is 5.75 Å². The molecule has 102 valence electrons. The summed E-state index contributed by atoms with van der Waals surface area (Å²) < 4.78 is 0. The van der Waals surface area contributed by atoms with Crippen molar-refractivity contribution in [1.82, 2.24) is 0 Å². The maximum absolute atomic E-state index is 9.82. The third-order valence-electron chi connectivity index (χ3n) is 3.50. The van der Waals surface area contributed by atoms with Gasteiger partial charge in [0.2, 0.25) is 0 Å². The van der Waals surface area contributed by atoms with E-state index >= 15 is 0 Å². The molecule has 1 aromatic carbocycles. The highest BCUT2D eigenvalue weighted by molar-refractivity contribution is 5.44. The van der Waals surface area contributed by atoms with E-state index < -0.39 is 0 Å². The Labute approximate surface area is 109 Å². The van der Waals surface area contributed by atoms with E-state index in [1.165, 1.54) is 6.42 Å². The molecule has 1 rings (SSSR count). The maximum Gasteiger partial charge on any atom is 0.126 e. The lowest BCUT2D eigenvalue weighted by molar-refractivity contribution is 0.263. The fraction of sp³-hybridized carbons (Fsp3) is 0.600. The molecule has 0 bridgehead atoms. The molecule has 0 aromatic heterocycles. The van der Waals surface area contributed by atoms with Crippen molar-refractivity contribution in [1.29, 1.82) is 0 Å². The molecule has 3 N–H and O–H groups in total. The van der Waals surface area contributed by atoms with Gasteiger partial charge in [-0.1, -0.05) is 26.7 Å². The summed E-state index contributed by atoms with van der Waals surface area (Å²) >= 11 is 0. The van der Waals surface area contributed by atoms with Crippen molar-refractivity contribution < 1.29 is 15.3 Å². The Hall–Kier alpha value is -1.06. The molecule has 1 unspecified atom stereocenters. The molecule has 0 aliphatic heterocycles. The lowest BCUT2D eigenvalue weighted by Crippen LogP contribution is -2.02. The van der Waals surface area contributed by atoms with Crippen molar-refractivity contribution in [2.45, 2.75) is 58.7 Å². The van der Waals surface area contributed by atoms with Gasteiger partial charge in [0.15, 0.2) is 0 Å². The second kappa shape index (κ2) is 7.39. The van der Waals surface area contributed by atoms with Gasteiger partial charge in [-0.05, 0) is 36.5 Å². The van der Waals surface area contributed by atoms with Gasteiger partial charge in [0.25, 0.3) is 0 Å². The van der Waals surface area contributed by atoms with Crippen LogP contribution in [0.2, 0.25) is 0 Å². The Kier molecular flexibility index (Phi) is 6.16. The molecular weight excluding hydrogens is 228 g/mol. The monoisotopic (exact) mass is 252 g/mol. The van der Waals surface area contributed by atoms with Crippen LogP contribution in [-0.4, -0.2) is 15.3 Å². The molecule has 0 heterocycles. The van der Waals surface area contributed by atoms with Crippen LogP contribution in [0.15, 0.2) is 12.1 Å². The fourth-order valence-corrected chi connectivity index (χ4v) is 2.32. The largest absolute Gasteiger partial charge is 0.507 e. The molecule has 0 amide bonds. The normalized spacial score (nSPS) is 12.7. The van der Waals surface area contributed by atoms with Gasteiger partial charge < -0.3 is 15.3 Å². The van der Waals surface area contributed by atoms with E-state index in [1.54, 1.807) is 0 Å². The molecule has 3 nitrogen and oxygen atoms in total. The van der Waals surface area contributed by atoms with E-state index in [0.29, 0.717) is 17.0 Å². The number of unbranched alkanes of at least 4 members (excludes halogenated alkanes) is 1. The summed E-state index contributed by atoms with van der Waals surface area (Å²) in [6, 6.07) is 3.72. The molecule has 0 saturated carbocycles. The number of aliphatic hydroxyl groups is 2. The van der Waals surface area contributed by atoms with E-state index in [2.05, 4.69) is 13.8 Å². The number of aromatic hydroxyl groups is 1. The number of hydrogen-bond acceptors (Lipinski definition) is 3. The Morgan fingerprint density at radius 3 is 2.00 bits per heavy atom. The van der Waals surface area contributed by atoms with Crippen LogP contribution in [0, 0.1) is 0 Å². The summed E-state index contributed by atoms with van der Waals surface area (Å²) in [5, 5.41) is 28.3. The predicted octanol–water partition coefficient (Wildman–Crippen LogP) is 3.06. The number of benzene rings is 1. The molecule has 0 spiro atoms. The van der Waals surface area contributed by atoms with Crippen molar-refractivity contribution in [2.75, 3.05) is 0 Å². The van der Waals surface area contributed by atoms with Crippen LogP contribution in [0.1, 0.15) is 62.1 Å². The summed E-state index contributed by atoms with van der Waals surface area (Å²) in [6.07, 6.45) is 4.46. The third-order valence-corrected chi connectivity index (χ3v) is 3.50. The molecule has 18 heavy (non-hydrogen) atoms. The quantitative estimate of drug-likeness (QED) is 0.699. The van der Waals surface area contributed by atoms with Crippen LogP contribution in [0.25, 0.3) is 0 Å². The van der Waals surface area contributed by atoms with Crippen molar-refractivity contribution in [3.05, 3.63) is 28.8 Å². The summed E-state index contributed by atoms with van der Waals surface area (Å²) in [5.74, 6) is 0.454. The topological polar surface area (TPSA) is 60.7 Å². The van der Waals surface area contributed by atoms with Crippen LogP contribution < -0.4 is 0 Å². The number of aliphatic hydroxyl groups excluding tert-OH is 2. The zero-order valence-corrected chi connectivity index (χ0v) is 11.3. The van der Waals surface area contributed by atoms with Crippen molar-refractivity contribution in [2.24, 2.45) is 0 Å². The van der Waals surface area contributed by atoms with Gasteiger partial charge in [-0.2, -0.15) is 0 Å². The Bertz CT molecular complexity index is 349. The summed E-state index contributed by atoms with van der Waals surface area (Å²) in [5.41, 5.74) is 2.12. The predicted molar refractivity (Wildman–Crippen MR) is 72.5 cm³/mol. The van der Waals surface area contributed by atoms with E-state index in [1.807, 2.05) is 12.1 Å². The molecule has 3 heteroatoms. The molecular formula is C15H24O3. The Balaban J connectivity index is 3.06. The molecule has 0 radical (unpaired) electrons. The third kappa shape index (κ3) is 3.47. The average molecular weight is 252 g/mol. The van der Waals surface area contributed by atoms with E-state index in [4.69, 9.17) is 0 Å². The number of hydrogen-bond donors (Lipinski definition) is 3. The van der Waals surface area contributed by atoms with Crippen LogP contribution in [0.3, 0.4) is 0 Å². The Morgan fingerprint density at radius 2 is 1.61 bits per heavy atom. The van der Waals surface area contributed by atoms with Crippen LogP contribution in [-0.2, 0) is 13.2 Å². The van der Waals surface area contributed by atoms with Crippen LogP contribution >= 0.6 is 0 Å². The lowest BCUT2D eigenvalue weighted by Gasteiger charge is -2.18. The van der Waals surface area contributed by atoms with Crippen molar-refractivity contribution in [3.63, 3.8) is 0 Å². The van der Waals surface area contributed by atoms with Gasteiger partial charge in [-0.25, -0.2) is 0 Å². The first-order valence-electron chi connectivity index (χ1n) is 6.74. The molecule has 0 fully saturated rings. The first-order chi connectivity index (χ1) is 8.67. The maximum atomic E-state index is 9.82. The van der Waals surface area contributed by atoms with E-state index in [0.717, 1.165) is 24.8 Å². The van der Waals surface area contributed by atoms with Gasteiger partial charge in [-0.15, -0.1) is 0 Å². The Morgan fingerprint density at radius 1 is 1.06 bits per heavy atom. The van der Waals surface area contributed by atoms with Gasteiger partial charge in [0.05, 0.1) is 13.2 Å². The summed E-state index contributed by atoms with van der Waals surface area (Å²) in [6.45, 7) is 3.92. The second-order valence-corrected chi connectivity index (χ2v) is 4.75. The first-order valence-corrected chi connectivity index (χ1v) is 6.74. The summed E-state index contributed by atoms with van der Waals surface area (Å²) in [7, 11) is 0. The van der Waals surface area contributed by atoms with Crippen molar-refractivity contribution >= 4 is 0 Å². The number of phenols is 1.